The normalized spacial score (nSPS) is 32.7. The quantitative estimate of drug-likeness (QED) is 0.470. The summed E-state index contributed by atoms with van der Waals surface area (Å²) in [4.78, 5) is 12.1. The standard InChI is InChI=1S/C13H16BrNO6/c14-7-3-1-2-6(4-7)12(19)15-9-11(18)10(17)8(5-16)21-13(9)20/h1-4,8-11,13,16-18,20H,5H2,(H,15,19)/t8-,9+,10-,11-,13?/m1/s1. The zero-order valence-electron chi connectivity index (χ0n) is 10.9. The van der Waals surface area contributed by atoms with Crippen LogP contribution in [0.2, 0.25) is 0 Å². The van der Waals surface area contributed by atoms with Gasteiger partial charge in [-0.3, -0.25) is 4.79 Å². The number of hydrogen-bond acceptors (Lipinski definition) is 6. The molecule has 1 amide bonds. The first-order chi connectivity index (χ1) is 9.93. The number of aliphatic hydroxyl groups is 4. The Morgan fingerprint density at radius 2 is 2.00 bits per heavy atom. The highest BCUT2D eigenvalue weighted by atomic mass is 79.9. The van der Waals surface area contributed by atoms with Gasteiger partial charge in [-0.15, -0.1) is 0 Å². The van der Waals surface area contributed by atoms with Crippen molar-refractivity contribution in [3.63, 3.8) is 0 Å². The van der Waals surface area contributed by atoms with Crippen LogP contribution in [0.4, 0.5) is 0 Å². The molecule has 1 aromatic rings. The van der Waals surface area contributed by atoms with E-state index in [4.69, 9.17) is 9.84 Å². The van der Waals surface area contributed by atoms with Gasteiger partial charge in [-0.2, -0.15) is 0 Å². The van der Waals surface area contributed by atoms with Crippen molar-refractivity contribution in [1.29, 1.82) is 0 Å². The van der Waals surface area contributed by atoms with E-state index in [0.29, 0.717) is 10.0 Å². The van der Waals surface area contributed by atoms with Crippen LogP contribution in [0.3, 0.4) is 0 Å². The SMILES string of the molecule is O=C(N[C@@H]1C(O)O[C@H](CO)[C@@H](O)[C@@H]1O)c1cccc(Br)c1. The molecule has 116 valence electrons. The summed E-state index contributed by atoms with van der Waals surface area (Å²) >= 11 is 3.23. The molecule has 1 aliphatic heterocycles. The summed E-state index contributed by atoms with van der Waals surface area (Å²) in [6, 6.07) is 5.36. The van der Waals surface area contributed by atoms with Crippen LogP contribution in [0.5, 0.6) is 0 Å². The third-order valence-corrected chi connectivity index (χ3v) is 3.78. The Balaban J connectivity index is 2.09. The number of hydrogen-bond donors (Lipinski definition) is 5. The Morgan fingerprint density at radius 1 is 1.29 bits per heavy atom. The predicted molar refractivity (Wildman–Crippen MR) is 75.4 cm³/mol. The number of rotatable bonds is 3. The van der Waals surface area contributed by atoms with Gasteiger partial charge < -0.3 is 30.5 Å². The summed E-state index contributed by atoms with van der Waals surface area (Å²) in [7, 11) is 0. The number of ether oxygens (including phenoxy) is 1. The molecule has 1 aliphatic rings. The van der Waals surface area contributed by atoms with Crippen LogP contribution in [-0.2, 0) is 4.74 Å². The summed E-state index contributed by atoms with van der Waals surface area (Å²) < 4.78 is 5.67. The van der Waals surface area contributed by atoms with Crippen molar-refractivity contribution >= 4 is 21.8 Å². The number of nitrogens with one attached hydrogen (secondary N) is 1. The maximum absolute atomic E-state index is 12.1. The van der Waals surface area contributed by atoms with Gasteiger partial charge in [0.1, 0.15) is 24.4 Å². The lowest BCUT2D eigenvalue weighted by Gasteiger charge is -2.40. The molecular formula is C13H16BrNO6. The fourth-order valence-corrected chi connectivity index (χ4v) is 2.52. The van der Waals surface area contributed by atoms with E-state index in [2.05, 4.69) is 21.2 Å². The fourth-order valence-electron chi connectivity index (χ4n) is 2.12. The van der Waals surface area contributed by atoms with Gasteiger partial charge in [0.2, 0.25) is 0 Å². The molecule has 5 N–H and O–H groups in total. The summed E-state index contributed by atoms with van der Waals surface area (Å²) in [5, 5.41) is 40.8. The zero-order chi connectivity index (χ0) is 15.6. The molecule has 1 heterocycles. The largest absolute Gasteiger partial charge is 0.394 e. The van der Waals surface area contributed by atoms with Crippen LogP contribution in [0.15, 0.2) is 28.7 Å². The van der Waals surface area contributed by atoms with Gasteiger partial charge in [-0.05, 0) is 18.2 Å². The molecule has 7 nitrogen and oxygen atoms in total. The minimum absolute atomic E-state index is 0.322. The molecule has 2 rings (SSSR count). The van der Waals surface area contributed by atoms with Crippen LogP contribution in [0, 0.1) is 0 Å². The van der Waals surface area contributed by atoms with Crippen molar-refractivity contribution < 1.29 is 30.0 Å². The molecule has 0 aromatic heterocycles. The molecule has 0 saturated carbocycles. The van der Waals surface area contributed by atoms with Crippen LogP contribution < -0.4 is 5.32 Å². The van der Waals surface area contributed by atoms with E-state index in [-0.39, 0.29) is 0 Å². The summed E-state index contributed by atoms with van der Waals surface area (Å²) in [6.07, 6.45) is -5.50. The third kappa shape index (κ3) is 3.60. The molecular weight excluding hydrogens is 346 g/mol. The van der Waals surface area contributed by atoms with Crippen molar-refractivity contribution in [2.24, 2.45) is 0 Å². The van der Waals surface area contributed by atoms with Gasteiger partial charge in [-0.25, -0.2) is 0 Å². The Bertz CT molecular complexity index is 513. The second-order valence-corrected chi connectivity index (χ2v) is 5.65. The Labute approximate surface area is 129 Å². The monoisotopic (exact) mass is 361 g/mol. The van der Waals surface area contributed by atoms with Crippen LogP contribution in [0.25, 0.3) is 0 Å². The van der Waals surface area contributed by atoms with Crippen LogP contribution >= 0.6 is 15.9 Å². The zero-order valence-corrected chi connectivity index (χ0v) is 12.5. The summed E-state index contributed by atoms with van der Waals surface area (Å²) in [5.74, 6) is -0.530. The van der Waals surface area contributed by atoms with Crippen molar-refractivity contribution in [1.82, 2.24) is 5.32 Å². The number of carbonyl (C=O) groups excluding carboxylic acids is 1. The van der Waals surface area contributed by atoms with Gasteiger partial charge in [0, 0.05) is 10.0 Å². The molecule has 0 bridgehead atoms. The average Bonchev–Trinajstić information content (AvgIpc) is 2.47. The lowest BCUT2D eigenvalue weighted by molar-refractivity contribution is -0.252. The molecule has 21 heavy (non-hydrogen) atoms. The number of halogens is 1. The molecule has 1 fully saturated rings. The third-order valence-electron chi connectivity index (χ3n) is 3.28. The number of amides is 1. The van der Waals surface area contributed by atoms with Gasteiger partial charge in [0.05, 0.1) is 6.61 Å². The topological polar surface area (TPSA) is 119 Å². The van der Waals surface area contributed by atoms with E-state index in [9.17, 15) is 20.1 Å². The van der Waals surface area contributed by atoms with Crippen molar-refractivity contribution in [3.05, 3.63) is 34.3 Å². The first kappa shape index (κ1) is 16.3. The smallest absolute Gasteiger partial charge is 0.251 e. The molecule has 1 aromatic carbocycles. The summed E-state index contributed by atoms with van der Waals surface area (Å²) in [5.41, 5.74) is 0.322. The highest BCUT2D eigenvalue weighted by molar-refractivity contribution is 9.10. The number of benzene rings is 1. The first-order valence-corrected chi connectivity index (χ1v) is 7.10. The maximum atomic E-state index is 12.1. The molecule has 5 atom stereocenters. The molecule has 0 aliphatic carbocycles. The highest BCUT2D eigenvalue weighted by Gasteiger charge is 2.44. The molecule has 1 saturated heterocycles. The molecule has 8 heteroatoms. The van der Waals surface area contributed by atoms with E-state index in [1.807, 2.05) is 0 Å². The molecule has 0 radical (unpaired) electrons. The van der Waals surface area contributed by atoms with E-state index in [0.717, 1.165) is 0 Å². The second-order valence-electron chi connectivity index (χ2n) is 4.74. The second kappa shape index (κ2) is 6.82. The maximum Gasteiger partial charge on any atom is 0.251 e. The fraction of sp³-hybridized carbons (Fsp3) is 0.462. The predicted octanol–water partition coefficient (Wildman–Crippen LogP) is -1.02. The van der Waals surface area contributed by atoms with Gasteiger partial charge in [0.25, 0.3) is 5.91 Å². The number of aliphatic hydroxyl groups excluding tert-OH is 4. The van der Waals surface area contributed by atoms with E-state index in [1.54, 1.807) is 24.3 Å². The van der Waals surface area contributed by atoms with Crippen LogP contribution in [-0.4, -0.2) is 63.6 Å². The Morgan fingerprint density at radius 3 is 2.62 bits per heavy atom. The lowest BCUT2D eigenvalue weighted by Crippen LogP contribution is -2.64. The first-order valence-electron chi connectivity index (χ1n) is 6.31. The highest BCUT2D eigenvalue weighted by Crippen LogP contribution is 2.20. The van der Waals surface area contributed by atoms with Crippen molar-refractivity contribution in [3.8, 4) is 0 Å². The van der Waals surface area contributed by atoms with Crippen LogP contribution in [0.1, 0.15) is 10.4 Å². The van der Waals surface area contributed by atoms with Gasteiger partial charge >= 0.3 is 0 Å². The molecule has 1 unspecified atom stereocenters. The van der Waals surface area contributed by atoms with Gasteiger partial charge in [0.15, 0.2) is 6.29 Å². The minimum atomic E-state index is -1.53. The van der Waals surface area contributed by atoms with Gasteiger partial charge in [-0.1, -0.05) is 22.0 Å². The minimum Gasteiger partial charge on any atom is -0.394 e. The van der Waals surface area contributed by atoms with Crippen molar-refractivity contribution in [2.75, 3.05) is 6.61 Å². The van der Waals surface area contributed by atoms with E-state index in [1.165, 1.54) is 0 Å². The summed E-state index contributed by atoms with van der Waals surface area (Å²) in [6.45, 7) is -0.554. The van der Waals surface area contributed by atoms with E-state index < -0.39 is 43.2 Å². The average molecular weight is 362 g/mol. The Kier molecular flexibility index (Phi) is 5.31. The number of carbonyl (C=O) groups is 1. The Hall–Kier alpha value is -1.03. The van der Waals surface area contributed by atoms with Crippen molar-refractivity contribution in [2.45, 2.75) is 30.6 Å². The lowest BCUT2D eigenvalue weighted by atomic mass is 9.97. The van der Waals surface area contributed by atoms with E-state index >= 15 is 0 Å². The molecule has 0 spiro atoms.